The van der Waals surface area contributed by atoms with Gasteiger partial charge in [-0.05, 0) is 6.42 Å². The van der Waals surface area contributed by atoms with E-state index in [4.69, 9.17) is 19.9 Å². The SMILES string of the molecule is COCCC(N)c1nc2cc3c(cc2[nH]1)OCCCO3. The fourth-order valence-electron chi connectivity index (χ4n) is 2.24. The molecule has 1 aliphatic rings. The molecule has 2 aromatic rings. The Bertz CT molecular complexity index is 554. The van der Waals surface area contributed by atoms with E-state index in [-0.39, 0.29) is 6.04 Å². The van der Waals surface area contributed by atoms with E-state index < -0.39 is 0 Å². The number of nitrogens with two attached hydrogens (primary N) is 1. The Morgan fingerprint density at radius 2 is 2.10 bits per heavy atom. The van der Waals surface area contributed by atoms with Gasteiger partial charge in [-0.3, -0.25) is 0 Å². The summed E-state index contributed by atoms with van der Waals surface area (Å²) in [4.78, 5) is 7.78. The summed E-state index contributed by atoms with van der Waals surface area (Å²) in [5.74, 6) is 2.27. The van der Waals surface area contributed by atoms with Crippen molar-refractivity contribution in [1.29, 1.82) is 0 Å². The molecule has 1 aliphatic heterocycles. The van der Waals surface area contributed by atoms with Crippen LogP contribution >= 0.6 is 0 Å². The van der Waals surface area contributed by atoms with E-state index in [9.17, 15) is 0 Å². The maximum Gasteiger partial charge on any atom is 0.163 e. The van der Waals surface area contributed by atoms with Gasteiger partial charge in [-0.2, -0.15) is 0 Å². The van der Waals surface area contributed by atoms with Crippen molar-refractivity contribution in [3.05, 3.63) is 18.0 Å². The van der Waals surface area contributed by atoms with E-state index in [1.165, 1.54) is 0 Å². The average Bonchev–Trinajstić information content (AvgIpc) is 2.73. The minimum absolute atomic E-state index is 0.163. The zero-order valence-corrected chi connectivity index (χ0v) is 11.5. The summed E-state index contributed by atoms with van der Waals surface area (Å²) in [5.41, 5.74) is 7.85. The molecule has 2 heterocycles. The Kier molecular flexibility index (Phi) is 3.75. The molecule has 0 saturated heterocycles. The first-order valence-electron chi connectivity index (χ1n) is 6.81. The second kappa shape index (κ2) is 5.68. The van der Waals surface area contributed by atoms with Gasteiger partial charge in [-0.15, -0.1) is 0 Å². The van der Waals surface area contributed by atoms with Gasteiger partial charge in [0.05, 0.1) is 30.3 Å². The fourth-order valence-corrected chi connectivity index (χ4v) is 2.24. The van der Waals surface area contributed by atoms with Crippen LogP contribution in [0.1, 0.15) is 24.7 Å². The molecule has 1 unspecified atom stereocenters. The molecule has 0 radical (unpaired) electrons. The van der Waals surface area contributed by atoms with Crippen molar-refractivity contribution in [2.24, 2.45) is 5.73 Å². The van der Waals surface area contributed by atoms with E-state index in [1.807, 2.05) is 12.1 Å². The molecular weight excluding hydrogens is 258 g/mol. The highest BCUT2D eigenvalue weighted by atomic mass is 16.5. The molecule has 0 fully saturated rings. The van der Waals surface area contributed by atoms with E-state index >= 15 is 0 Å². The van der Waals surface area contributed by atoms with Gasteiger partial charge in [0, 0.05) is 32.3 Å². The summed E-state index contributed by atoms with van der Waals surface area (Å²) in [6, 6.07) is 3.66. The molecule has 1 atom stereocenters. The highest BCUT2D eigenvalue weighted by Crippen LogP contribution is 2.33. The maximum atomic E-state index is 6.09. The Labute approximate surface area is 117 Å². The molecule has 3 N–H and O–H groups in total. The Morgan fingerprint density at radius 1 is 1.35 bits per heavy atom. The lowest BCUT2D eigenvalue weighted by Crippen LogP contribution is -2.14. The highest BCUT2D eigenvalue weighted by Gasteiger charge is 2.16. The number of aromatic amines is 1. The van der Waals surface area contributed by atoms with Gasteiger partial charge in [0.25, 0.3) is 0 Å². The molecule has 6 nitrogen and oxygen atoms in total. The molecule has 3 rings (SSSR count). The van der Waals surface area contributed by atoms with Crippen molar-refractivity contribution in [1.82, 2.24) is 9.97 Å². The van der Waals surface area contributed by atoms with Crippen LogP contribution in [0.4, 0.5) is 0 Å². The summed E-state index contributed by atoms with van der Waals surface area (Å²) in [6.45, 7) is 1.96. The molecule has 1 aromatic heterocycles. The lowest BCUT2D eigenvalue weighted by Gasteiger charge is -2.06. The number of hydrogen-bond donors (Lipinski definition) is 2. The van der Waals surface area contributed by atoms with Crippen molar-refractivity contribution in [2.75, 3.05) is 26.9 Å². The number of hydrogen-bond acceptors (Lipinski definition) is 5. The molecule has 0 saturated carbocycles. The van der Waals surface area contributed by atoms with Crippen molar-refractivity contribution in [2.45, 2.75) is 18.9 Å². The van der Waals surface area contributed by atoms with Crippen LogP contribution in [-0.2, 0) is 4.74 Å². The predicted octanol–water partition coefficient (Wildman–Crippen LogP) is 1.76. The van der Waals surface area contributed by atoms with Crippen molar-refractivity contribution < 1.29 is 14.2 Å². The number of nitrogens with one attached hydrogen (secondary N) is 1. The standard InChI is InChI=1S/C14H19N3O3/c1-18-6-3-9(15)14-16-10-7-12-13(8-11(10)17-14)20-5-2-4-19-12/h7-9H,2-6,15H2,1H3,(H,16,17). The van der Waals surface area contributed by atoms with Crippen LogP contribution in [0.3, 0.4) is 0 Å². The Morgan fingerprint density at radius 3 is 2.85 bits per heavy atom. The molecule has 6 heteroatoms. The first kappa shape index (κ1) is 13.2. The zero-order valence-electron chi connectivity index (χ0n) is 11.5. The first-order chi connectivity index (χ1) is 9.78. The molecular formula is C14H19N3O3. The maximum absolute atomic E-state index is 6.09. The van der Waals surface area contributed by atoms with Gasteiger partial charge in [0.1, 0.15) is 5.82 Å². The molecule has 1 aromatic carbocycles. The van der Waals surface area contributed by atoms with Gasteiger partial charge in [0.2, 0.25) is 0 Å². The van der Waals surface area contributed by atoms with Gasteiger partial charge >= 0.3 is 0 Å². The number of nitrogens with zero attached hydrogens (tertiary/aromatic N) is 1. The third kappa shape index (κ3) is 2.57. The topological polar surface area (TPSA) is 82.4 Å². The molecule has 0 spiro atoms. The number of benzene rings is 1. The number of aromatic nitrogens is 2. The van der Waals surface area contributed by atoms with Crippen LogP contribution in [-0.4, -0.2) is 36.9 Å². The summed E-state index contributed by atoms with van der Waals surface area (Å²) in [5, 5.41) is 0. The van der Waals surface area contributed by atoms with E-state index in [0.717, 1.165) is 41.2 Å². The van der Waals surface area contributed by atoms with Crippen LogP contribution in [0.2, 0.25) is 0 Å². The molecule has 20 heavy (non-hydrogen) atoms. The van der Waals surface area contributed by atoms with Crippen LogP contribution in [0.5, 0.6) is 11.5 Å². The third-order valence-corrected chi connectivity index (χ3v) is 3.35. The predicted molar refractivity (Wildman–Crippen MR) is 75.1 cm³/mol. The Balaban J connectivity index is 1.91. The molecule has 0 aliphatic carbocycles. The number of imidazole rings is 1. The fraction of sp³-hybridized carbons (Fsp3) is 0.500. The minimum Gasteiger partial charge on any atom is -0.489 e. The average molecular weight is 277 g/mol. The summed E-state index contributed by atoms with van der Waals surface area (Å²) < 4.78 is 16.4. The van der Waals surface area contributed by atoms with Gasteiger partial charge < -0.3 is 24.9 Å². The second-order valence-electron chi connectivity index (χ2n) is 4.88. The first-order valence-corrected chi connectivity index (χ1v) is 6.81. The van der Waals surface area contributed by atoms with Crippen LogP contribution in [0, 0.1) is 0 Å². The van der Waals surface area contributed by atoms with E-state index in [1.54, 1.807) is 7.11 Å². The summed E-state index contributed by atoms with van der Waals surface area (Å²) >= 11 is 0. The highest BCUT2D eigenvalue weighted by molar-refractivity contribution is 5.80. The number of fused-ring (bicyclic) bond motifs is 2. The van der Waals surface area contributed by atoms with E-state index in [2.05, 4.69) is 9.97 Å². The smallest absolute Gasteiger partial charge is 0.163 e. The Hall–Kier alpha value is -1.79. The van der Waals surface area contributed by atoms with Crippen LogP contribution in [0.15, 0.2) is 12.1 Å². The lowest BCUT2D eigenvalue weighted by atomic mass is 10.2. The largest absolute Gasteiger partial charge is 0.489 e. The zero-order chi connectivity index (χ0) is 13.9. The molecule has 0 bridgehead atoms. The molecule has 108 valence electrons. The van der Waals surface area contributed by atoms with Crippen LogP contribution < -0.4 is 15.2 Å². The normalized spacial score (nSPS) is 16.1. The number of rotatable bonds is 4. The second-order valence-corrected chi connectivity index (χ2v) is 4.88. The van der Waals surface area contributed by atoms with Gasteiger partial charge in [-0.1, -0.05) is 0 Å². The lowest BCUT2D eigenvalue weighted by molar-refractivity contribution is 0.187. The third-order valence-electron chi connectivity index (χ3n) is 3.35. The van der Waals surface area contributed by atoms with Crippen LogP contribution in [0.25, 0.3) is 11.0 Å². The van der Waals surface area contributed by atoms with Crippen molar-refractivity contribution >= 4 is 11.0 Å². The van der Waals surface area contributed by atoms with Gasteiger partial charge in [-0.25, -0.2) is 4.98 Å². The minimum atomic E-state index is -0.163. The van der Waals surface area contributed by atoms with Gasteiger partial charge in [0.15, 0.2) is 11.5 Å². The van der Waals surface area contributed by atoms with Crippen molar-refractivity contribution in [3.8, 4) is 11.5 Å². The quantitative estimate of drug-likeness (QED) is 0.889. The van der Waals surface area contributed by atoms with E-state index in [0.29, 0.717) is 19.8 Å². The number of H-pyrrole nitrogens is 1. The number of ether oxygens (including phenoxy) is 3. The summed E-state index contributed by atoms with van der Waals surface area (Å²) in [7, 11) is 1.66. The monoisotopic (exact) mass is 277 g/mol. The number of methoxy groups -OCH3 is 1. The molecule has 0 amide bonds. The van der Waals surface area contributed by atoms with Crippen molar-refractivity contribution in [3.63, 3.8) is 0 Å². The summed E-state index contributed by atoms with van der Waals surface area (Å²) in [6.07, 6.45) is 1.62.